The second kappa shape index (κ2) is 18.6. The van der Waals surface area contributed by atoms with Crippen LogP contribution in [-0.4, -0.2) is 8.80 Å². The number of anilines is 6. The van der Waals surface area contributed by atoms with Crippen molar-refractivity contribution in [1.29, 1.82) is 0 Å². The van der Waals surface area contributed by atoms with Crippen molar-refractivity contribution in [3.63, 3.8) is 0 Å². The molecule has 0 aliphatic carbocycles. The summed E-state index contributed by atoms with van der Waals surface area (Å²) in [5.41, 5.74) is 21.1. The van der Waals surface area contributed by atoms with Gasteiger partial charge in [0.15, 0.2) is 11.2 Å². The zero-order valence-electron chi connectivity index (χ0n) is 49.5. The van der Waals surface area contributed by atoms with E-state index < -0.39 is 0 Å². The Morgan fingerprint density at radius 2 is 0.598 bits per heavy atom. The van der Waals surface area contributed by atoms with Crippen molar-refractivity contribution in [2.24, 2.45) is 0 Å². The fourth-order valence-electron chi connectivity index (χ4n) is 16.0. The lowest BCUT2D eigenvalue weighted by Gasteiger charge is -2.29. The van der Waals surface area contributed by atoms with E-state index in [4.69, 9.17) is 8.83 Å². The summed E-state index contributed by atoms with van der Waals surface area (Å²) >= 11 is 0. The summed E-state index contributed by atoms with van der Waals surface area (Å²) < 4.78 is 19.2. The molecule has 6 aromatic heterocycles. The van der Waals surface area contributed by atoms with Crippen LogP contribution in [0.15, 0.2) is 312 Å². The number of para-hydroxylation sites is 6. The van der Waals surface area contributed by atoms with Gasteiger partial charge in [-0.3, -0.25) is 0 Å². The predicted octanol–water partition coefficient (Wildman–Crippen LogP) is 24.4. The third kappa shape index (κ3) is 6.76. The van der Waals surface area contributed by atoms with Crippen molar-refractivity contribution in [1.82, 2.24) is 8.80 Å². The van der Waals surface area contributed by atoms with Gasteiger partial charge in [-0.25, -0.2) is 0 Å². The number of hydrogen-bond donors (Lipinski definition) is 0. The Kier molecular flexibility index (Phi) is 10.0. The lowest BCUT2D eigenvalue weighted by molar-refractivity contribution is 0.669. The molecule has 6 nitrogen and oxygen atoms in total. The SMILES string of the molecule is c1ccc(-c2cc3ccccc3cc2N(c2cccc3c2oc2ccccc23)c2ccc3c4cc5c(cc4n4c6ccccc6c2c34)c2ccc(N(c3cc4ccccc4cc3-c3ccccc3)c3cccc4c3oc3ccccc34)c3c4ccccc4n5c23)cc1. The van der Waals surface area contributed by atoms with Gasteiger partial charge in [-0.05, 0) is 118 Å². The van der Waals surface area contributed by atoms with Gasteiger partial charge in [0.1, 0.15) is 11.2 Å². The largest absolute Gasteiger partial charge is 0.454 e. The molecule has 0 radical (unpaired) electrons. The molecular formula is C86H50N4O2. The van der Waals surface area contributed by atoms with E-state index in [0.717, 1.165) is 133 Å². The molecular weight excluding hydrogens is 1120 g/mol. The van der Waals surface area contributed by atoms with Gasteiger partial charge in [0.05, 0.1) is 67.2 Å². The number of hydrogen-bond acceptors (Lipinski definition) is 4. The second-order valence-corrected chi connectivity index (χ2v) is 24.6. The highest BCUT2D eigenvalue weighted by Crippen LogP contribution is 2.55. The Hall–Kier alpha value is -12.4. The molecule has 0 fully saturated rings. The highest BCUT2D eigenvalue weighted by Gasteiger charge is 2.32. The fraction of sp³-hybridized carbons (Fsp3) is 0. The molecule has 0 amide bonds. The third-order valence-electron chi connectivity index (χ3n) is 19.9. The lowest BCUT2D eigenvalue weighted by Crippen LogP contribution is -2.12. The standard InChI is InChI=1S/C86H50N4O2/c1-3-21-51(22-4-1)65-45-53-25-7-9-27-55(53)47-75(65)87(73-37-19-33-61-57-29-13-17-39-79(57)91-85(61)73)71-43-41-59-67-49-78-68(50-77(67)89-69-35-15-11-31-63(69)81(71)83(59)89)60-42-44-72(82-64-32-12-16-36-70(64)90(78)84(60)82)88(74-38-20-34-62-58-30-14-18-40-80(58)92-86(62)74)76-48-56-28-10-8-26-54(56)46-66(76)52-23-5-2-6-24-52/h1-50H. The topological polar surface area (TPSA) is 41.6 Å². The average Bonchev–Trinajstić information content (AvgIpc) is 1.51. The van der Waals surface area contributed by atoms with Crippen molar-refractivity contribution >= 4 is 176 Å². The molecule has 0 spiro atoms. The van der Waals surface area contributed by atoms with Crippen molar-refractivity contribution in [3.8, 4) is 22.3 Å². The maximum Gasteiger partial charge on any atom is 0.159 e. The van der Waals surface area contributed by atoms with Crippen LogP contribution in [0.2, 0.25) is 0 Å². The molecule has 0 unspecified atom stereocenters. The van der Waals surface area contributed by atoms with E-state index in [9.17, 15) is 0 Å². The average molecular weight is 1170 g/mol. The van der Waals surface area contributed by atoms with Gasteiger partial charge in [0.2, 0.25) is 0 Å². The van der Waals surface area contributed by atoms with E-state index >= 15 is 0 Å². The molecule has 0 atom stereocenters. The van der Waals surface area contributed by atoms with Gasteiger partial charge in [-0.2, -0.15) is 0 Å². The molecule has 92 heavy (non-hydrogen) atoms. The first-order chi connectivity index (χ1) is 45.7. The molecule has 6 heterocycles. The third-order valence-corrected chi connectivity index (χ3v) is 19.9. The quantitative estimate of drug-likeness (QED) is 0.152. The number of aromatic nitrogens is 2. The van der Waals surface area contributed by atoms with Crippen LogP contribution in [0.5, 0.6) is 0 Å². The minimum absolute atomic E-state index is 0.840. The molecule has 6 heteroatoms. The molecule has 0 aliphatic heterocycles. The van der Waals surface area contributed by atoms with E-state index in [1.54, 1.807) is 0 Å². The summed E-state index contributed by atoms with van der Waals surface area (Å²) in [6.07, 6.45) is 0. The highest BCUT2D eigenvalue weighted by molar-refractivity contribution is 6.33. The fourth-order valence-corrected chi connectivity index (χ4v) is 16.0. The smallest absolute Gasteiger partial charge is 0.159 e. The van der Waals surface area contributed by atoms with Gasteiger partial charge < -0.3 is 27.4 Å². The predicted molar refractivity (Wildman–Crippen MR) is 386 cm³/mol. The first-order valence-electron chi connectivity index (χ1n) is 31.6. The van der Waals surface area contributed by atoms with Crippen LogP contribution in [0.25, 0.3) is 164 Å². The highest BCUT2D eigenvalue weighted by atomic mass is 16.3. The summed E-state index contributed by atoms with van der Waals surface area (Å²) in [7, 11) is 0. The van der Waals surface area contributed by atoms with Crippen LogP contribution in [0.1, 0.15) is 0 Å². The Balaban J connectivity index is 0.853. The molecule has 0 aliphatic rings. The zero-order chi connectivity index (χ0) is 59.9. The second-order valence-electron chi connectivity index (χ2n) is 24.6. The van der Waals surface area contributed by atoms with Gasteiger partial charge >= 0.3 is 0 Å². The molecule has 0 saturated heterocycles. The molecule has 426 valence electrons. The van der Waals surface area contributed by atoms with Crippen LogP contribution in [0.4, 0.5) is 34.1 Å². The minimum Gasteiger partial charge on any atom is -0.454 e. The van der Waals surface area contributed by atoms with Crippen molar-refractivity contribution < 1.29 is 8.83 Å². The number of fused-ring (bicyclic) bond motifs is 20. The Bertz CT molecular complexity index is 6240. The zero-order valence-corrected chi connectivity index (χ0v) is 49.5. The Morgan fingerprint density at radius 3 is 1.04 bits per heavy atom. The van der Waals surface area contributed by atoms with E-state index in [0.29, 0.717) is 0 Å². The van der Waals surface area contributed by atoms with Crippen LogP contribution < -0.4 is 9.80 Å². The van der Waals surface area contributed by atoms with Gasteiger partial charge in [-0.1, -0.05) is 218 Å². The van der Waals surface area contributed by atoms with E-state index in [-0.39, 0.29) is 0 Å². The number of nitrogens with zero attached hydrogens (tertiary/aromatic N) is 4. The maximum absolute atomic E-state index is 7.03. The monoisotopic (exact) mass is 1170 g/mol. The normalized spacial score (nSPS) is 12.3. The van der Waals surface area contributed by atoms with Gasteiger partial charge in [-0.15, -0.1) is 0 Å². The maximum atomic E-state index is 7.03. The Morgan fingerprint density at radius 1 is 0.228 bits per heavy atom. The number of furan rings is 2. The molecule has 0 N–H and O–H groups in total. The number of benzene rings is 15. The van der Waals surface area contributed by atoms with E-state index in [2.05, 4.69) is 322 Å². The first kappa shape index (κ1) is 49.6. The van der Waals surface area contributed by atoms with E-state index in [1.165, 1.54) is 64.9 Å². The van der Waals surface area contributed by atoms with Crippen LogP contribution in [0, 0.1) is 0 Å². The lowest BCUT2D eigenvalue weighted by atomic mass is 9.96. The van der Waals surface area contributed by atoms with Crippen molar-refractivity contribution in [2.75, 3.05) is 9.80 Å². The molecule has 0 bridgehead atoms. The van der Waals surface area contributed by atoms with Crippen molar-refractivity contribution in [2.45, 2.75) is 0 Å². The summed E-state index contributed by atoms with van der Waals surface area (Å²) in [6, 6.07) is 111. The van der Waals surface area contributed by atoms with Crippen LogP contribution in [0.3, 0.4) is 0 Å². The molecule has 21 aromatic rings. The summed E-state index contributed by atoms with van der Waals surface area (Å²) in [4.78, 5) is 4.99. The molecule has 21 rings (SSSR count). The first-order valence-corrected chi connectivity index (χ1v) is 31.6. The van der Waals surface area contributed by atoms with E-state index in [1.807, 2.05) is 0 Å². The summed E-state index contributed by atoms with van der Waals surface area (Å²) in [6.45, 7) is 0. The summed E-state index contributed by atoms with van der Waals surface area (Å²) in [5, 5.41) is 18.5. The molecule has 0 saturated carbocycles. The number of rotatable bonds is 8. The minimum atomic E-state index is 0.840. The van der Waals surface area contributed by atoms with Gasteiger partial charge in [0, 0.05) is 75.8 Å². The Labute approximate surface area is 525 Å². The van der Waals surface area contributed by atoms with Crippen molar-refractivity contribution in [3.05, 3.63) is 303 Å². The molecule has 15 aromatic carbocycles. The van der Waals surface area contributed by atoms with Crippen LogP contribution >= 0.6 is 0 Å². The van der Waals surface area contributed by atoms with Crippen LogP contribution in [-0.2, 0) is 0 Å². The van der Waals surface area contributed by atoms with Gasteiger partial charge in [0.25, 0.3) is 0 Å². The summed E-state index contributed by atoms with van der Waals surface area (Å²) in [5.74, 6) is 0.